The van der Waals surface area contributed by atoms with Crippen molar-refractivity contribution in [3.05, 3.63) is 23.3 Å². The maximum Gasteiger partial charge on any atom is 0.181 e. The van der Waals surface area contributed by atoms with E-state index in [9.17, 15) is 4.79 Å². The monoisotopic (exact) mass is 178 g/mol. The summed E-state index contributed by atoms with van der Waals surface area (Å²) >= 11 is 0. The smallest absolute Gasteiger partial charge is 0.181 e. The number of rotatable bonds is 3. The summed E-state index contributed by atoms with van der Waals surface area (Å²) in [7, 11) is 0. The minimum Gasteiger partial charge on any atom is -0.290 e. The standard InChI is InChI=1S/C12H18O/c1-3-7-12(13)11-9-6-5-8-10(11)4-2/h3,7H,4-6,8-9H2,1-2H3. The third kappa shape index (κ3) is 2.55. The fraction of sp³-hybridized carbons (Fsp3) is 0.583. The molecule has 0 atom stereocenters. The first-order valence-electron chi connectivity index (χ1n) is 5.17. The minimum absolute atomic E-state index is 0.235. The Kier molecular flexibility index (Phi) is 3.94. The predicted molar refractivity (Wildman–Crippen MR) is 55.6 cm³/mol. The van der Waals surface area contributed by atoms with Gasteiger partial charge in [0.05, 0.1) is 0 Å². The molecular weight excluding hydrogens is 160 g/mol. The van der Waals surface area contributed by atoms with Gasteiger partial charge in [0.15, 0.2) is 5.78 Å². The molecule has 1 nitrogen and oxygen atoms in total. The van der Waals surface area contributed by atoms with Crippen molar-refractivity contribution in [2.75, 3.05) is 0 Å². The first kappa shape index (κ1) is 10.2. The van der Waals surface area contributed by atoms with E-state index in [0.717, 1.165) is 24.8 Å². The Bertz CT molecular complexity index is 246. The minimum atomic E-state index is 0.235. The van der Waals surface area contributed by atoms with Gasteiger partial charge in [-0.15, -0.1) is 0 Å². The number of hydrogen-bond acceptors (Lipinski definition) is 1. The molecule has 0 heterocycles. The van der Waals surface area contributed by atoms with Gasteiger partial charge in [0, 0.05) is 0 Å². The largest absolute Gasteiger partial charge is 0.290 e. The predicted octanol–water partition coefficient (Wildman–Crippen LogP) is 3.41. The lowest BCUT2D eigenvalue weighted by Crippen LogP contribution is -2.07. The molecule has 0 saturated heterocycles. The van der Waals surface area contributed by atoms with Crippen molar-refractivity contribution in [1.82, 2.24) is 0 Å². The zero-order valence-corrected chi connectivity index (χ0v) is 8.60. The summed E-state index contributed by atoms with van der Waals surface area (Å²) in [6.07, 6.45) is 9.13. The molecule has 1 aliphatic rings. The molecular formula is C12H18O. The highest BCUT2D eigenvalue weighted by molar-refractivity contribution is 6.04. The van der Waals surface area contributed by atoms with Crippen LogP contribution in [0.5, 0.6) is 0 Å². The van der Waals surface area contributed by atoms with Crippen LogP contribution in [0.3, 0.4) is 0 Å². The first-order valence-corrected chi connectivity index (χ1v) is 5.17. The topological polar surface area (TPSA) is 17.1 Å². The fourth-order valence-corrected chi connectivity index (χ4v) is 1.91. The molecule has 1 heteroatoms. The van der Waals surface area contributed by atoms with Crippen LogP contribution in [-0.4, -0.2) is 5.78 Å². The third-order valence-electron chi connectivity index (χ3n) is 2.62. The van der Waals surface area contributed by atoms with E-state index in [-0.39, 0.29) is 5.78 Å². The molecule has 0 radical (unpaired) electrons. The molecule has 13 heavy (non-hydrogen) atoms. The quantitative estimate of drug-likeness (QED) is 0.605. The van der Waals surface area contributed by atoms with Gasteiger partial charge in [-0.05, 0) is 50.7 Å². The lowest BCUT2D eigenvalue weighted by Gasteiger charge is -2.17. The molecule has 0 aromatic heterocycles. The Hall–Kier alpha value is -0.850. The SMILES string of the molecule is CC=CC(=O)C1=C(CC)CCCC1. The van der Waals surface area contributed by atoms with E-state index in [0.29, 0.717) is 0 Å². The van der Waals surface area contributed by atoms with Crippen LogP contribution in [0.2, 0.25) is 0 Å². The summed E-state index contributed by atoms with van der Waals surface area (Å²) in [6, 6.07) is 0. The summed E-state index contributed by atoms with van der Waals surface area (Å²) in [4.78, 5) is 11.6. The van der Waals surface area contributed by atoms with Gasteiger partial charge in [0.2, 0.25) is 0 Å². The summed E-state index contributed by atoms with van der Waals surface area (Å²) in [5.41, 5.74) is 2.47. The molecule has 1 rings (SSSR count). The van der Waals surface area contributed by atoms with Crippen molar-refractivity contribution < 1.29 is 4.79 Å². The number of hydrogen-bond donors (Lipinski definition) is 0. The van der Waals surface area contributed by atoms with Crippen molar-refractivity contribution in [2.24, 2.45) is 0 Å². The summed E-state index contributed by atoms with van der Waals surface area (Å²) in [6.45, 7) is 4.04. The van der Waals surface area contributed by atoms with Gasteiger partial charge in [-0.3, -0.25) is 4.79 Å². The highest BCUT2D eigenvalue weighted by atomic mass is 16.1. The summed E-state index contributed by atoms with van der Waals surface area (Å²) in [5.74, 6) is 0.235. The van der Waals surface area contributed by atoms with Gasteiger partial charge in [-0.25, -0.2) is 0 Å². The van der Waals surface area contributed by atoms with Crippen LogP contribution in [0.25, 0.3) is 0 Å². The van der Waals surface area contributed by atoms with Crippen LogP contribution in [-0.2, 0) is 4.79 Å². The van der Waals surface area contributed by atoms with Crippen LogP contribution in [0, 0.1) is 0 Å². The maximum absolute atomic E-state index is 11.6. The molecule has 1 aliphatic carbocycles. The second kappa shape index (κ2) is 5.00. The summed E-state index contributed by atoms with van der Waals surface area (Å²) < 4.78 is 0. The lowest BCUT2D eigenvalue weighted by molar-refractivity contribution is -0.111. The molecule has 0 aliphatic heterocycles. The van der Waals surface area contributed by atoms with Crippen molar-refractivity contribution in [1.29, 1.82) is 0 Å². The number of ketones is 1. The first-order chi connectivity index (χ1) is 6.29. The van der Waals surface area contributed by atoms with E-state index in [1.54, 1.807) is 6.08 Å². The second-order valence-corrected chi connectivity index (χ2v) is 3.51. The van der Waals surface area contributed by atoms with Gasteiger partial charge >= 0.3 is 0 Å². The van der Waals surface area contributed by atoms with Gasteiger partial charge in [-0.2, -0.15) is 0 Å². The number of carbonyl (C=O) groups excluding carboxylic acids is 1. The zero-order chi connectivity index (χ0) is 9.68. The molecule has 0 saturated carbocycles. The molecule has 0 amide bonds. The Morgan fingerprint density at radius 1 is 1.38 bits per heavy atom. The number of carbonyl (C=O) groups is 1. The van der Waals surface area contributed by atoms with E-state index in [1.165, 1.54) is 18.4 Å². The molecule has 0 bridgehead atoms. The third-order valence-corrected chi connectivity index (χ3v) is 2.62. The average Bonchev–Trinajstić information content (AvgIpc) is 2.18. The molecule has 0 aromatic rings. The fourth-order valence-electron chi connectivity index (χ4n) is 1.91. The van der Waals surface area contributed by atoms with Gasteiger partial charge in [0.25, 0.3) is 0 Å². The molecule has 0 spiro atoms. The second-order valence-electron chi connectivity index (χ2n) is 3.51. The van der Waals surface area contributed by atoms with Crippen LogP contribution in [0.15, 0.2) is 23.3 Å². The Balaban J connectivity index is 2.84. The molecule has 0 unspecified atom stereocenters. The van der Waals surface area contributed by atoms with Gasteiger partial charge in [0.1, 0.15) is 0 Å². The van der Waals surface area contributed by atoms with Crippen LogP contribution in [0.4, 0.5) is 0 Å². The molecule has 72 valence electrons. The number of allylic oxidation sites excluding steroid dienone is 4. The lowest BCUT2D eigenvalue weighted by atomic mass is 9.88. The summed E-state index contributed by atoms with van der Waals surface area (Å²) in [5, 5.41) is 0. The maximum atomic E-state index is 11.6. The van der Waals surface area contributed by atoms with Crippen molar-refractivity contribution in [3.8, 4) is 0 Å². The zero-order valence-electron chi connectivity index (χ0n) is 8.60. The van der Waals surface area contributed by atoms with Crippen LogP contribution < -0.4 is 0 Å². The Morgan fingerprint density at radius 2 is 2.08 bits per heavy atom. The molecule has 0 N–H and O–H groups in total. The van der Waals surface area contributed by atoms with E-state index >= 15 is 0 Å². The van der Waals surface area contributed by atoms with Crippen molar-refractivity contribution in [3.63, 3.8) is 0 Å². The molecule has 0 fully saturated rings. The van der Waals surface area contributed by atoms with E-state index in [2.05, 4.69) is 6.92 Å². The van der Waals surface area contributed by atoms with E-state index in [4.69, 9.17) is 0 Å². The molecule has 0 aromatic carbocycles. The average molecular weight is 178 g/mol. The Labute approximate surface area is 80.5 Å². The Morgan fingerprint density at radius 3 is 2.69 bits per heavy atom. The van der Waals surface area contributed by atoms with E-state index < -0.39 is 0 Å². The normalized spacial score (nSPS) is 18.3. The van der Waals surface area contributed by atoms with Crippen LogP contribution in [0.1, 0.15) is 46.0 Å². The van der Waals surface area contributed by atoms with Gasteiger partial charge in [-0.1, -0.05) is 18.6 Å². The van der Waals surface area contributed by atoms with E-state index in [1.807, 2.05) is 13.0 Å². The highest BCUT2D eigenvalue weighted by Gasteiger charge is 2.15. The van der Waals surface area contributed by atoms with Gasteiger partial charge < -0.3 is 0 Å². The van der Waals surface area contributed by atoms with Crippen molar-refractivity contribution in [2.45, 2.75) is 46.0 Å². The highest BCUT2D eigenvalue weighted by Crippen LogP contribution is 2.27. The van der Waals surface area contributed by atoms with Crippen LogP contribution >= 0.6 is 0 Å². The van der Waals surface area contributed by atoms with Crippen molar-refractivity contribution >= 4 is 5.78 Å².